The van der Waals surface area contributed by atoms with Gasteiger partial charge in [0.05, 0.1) is 0 Å². The fourth-order valence-electron chi connectivity index (χ4n) is 3.82. The minimum absolute atomic E-state index is 0.410. The third-order valence-corrected chi connectivity index (χ3v) is 5.16. The fraction of sp³-hybridized carbons (Fsp3) is 0.900. The van der Waals surface area contributed by atoms with Crippen LogP contribution in [-0.2, 0) is 0 Å². The number of allylic oxidation sites excluding steroid dienone is 2. The van der Waals surface area contributed by atoms with E-state index in [1.165, 1.54) is 12.8 Å². The highest BCUT2D eigenvalue weighted by Crippen LogP contribution is 2.45. The van der Waals surface area contributed by atoms with Gasteiger partial charge in [-0.1, -0.05) is 74.5 Å². The summed E-state index contributed by atoms with van der Waals surface area (Å²) in [5.41, 5.74) is 0.844. The molecule has 0 heterocycles. The molecule has 118 valence electrons. The van der Waals surface area contributed by atoms with E-state index in [1.54, 1.807) is 0 Å². The van der Waals surface area contributed by atoms with Gasteiger partial charge in [0.1, 0.15) is 0 Å². The van der Waals surface area contributed by atoms with Gasteiger partial charge in [0.15, 0.2) is 0 Å². The topological polar surface area (TPSA) is 0 Å². The minimum Gasteiger partial charge on any atom is -0.0846 e. The Balaban J connectivity index is 2.89. The molecule has 4 atom stereocenters. The summed E-state index contributed by atoms with van der Waals surface area (Å²) in [4.78, 5) is 0. The maximum absolute atomic E-state index is 2.57. The average Bonchev–Trinajstić information content (AvgIpc) is 2.23. The highest BCUT2D eigenvalue weighted by molar-refractivity contribution is 5.06. The molecule has 0 bridgehead atoms. The molecule has 0 nitrogen and oxygen atoms in total. The molecule has 0 fully saturated rings. The van der Waals surface area contributed by atoms with E-state index in [1.807, 2.05) is 0 Å². The number of hydrogen-bond donors (Lipinski definition) is 0. The van der Waals surface area contributed by atoms with Crippen molar-refractivity contribution < 1.29 is 0 Å². The van der Waals surface area contributed by atoms with Crippen LogP contribution in [0.2, 0.25) is 0 Å². The van der Waals surface area contributed by atoms with Crippen LogP contribution >= 0.6 is 0 Å². The molecule has 0 radical (unpaired) electrons. The molecule has 0 aromatic rings. The molecule has 0 aliphatic heterocycles. The van der Waals surface area contributed by atoms with Gasteiger partial charge in [0.2, 0.25) is 0 Å². The standard InChI is InChI=1S/C20H38/c1-14(2)18(13-19(4,5)6)17-11-10-16(12-15(17)3)20(7,8)9/h10-11,14-18H,12-13H2,1-9H3. The summed E-state index contributed by atoms with van der Waals surface area (Å²) in [5, 5.41) is 0. The van der Waals surface area contributed by atoms with Crippen LogP contribution in [0.1, 0.15) is 75.2 Å². The normalized spacial score (nSPS) is 29.8. The molecule has 0 saturated carbocycles. The first-order chi connectivity index (χ1) is 8.92. The molecule has 1 aliphatic carbocycles. The minimum atomic E-state index is 0.410. The van der Waals surface area contributed by atoms with Gasteiger partial charge in [-0.25, -0.2) is 0 Å². The summed E-state index contributed by atoms with van der Waals surface area (Å²) in [5.74, 6) is 3.93. The van der Waals surface area contributed by atoms with Gasteiger partial charge in [-0.2, -0.15) is 0 Å². The van der Waals surface area contributed by atoms with Crippen molar-refractivity contribution in [1.29, 1.82) is 0 Å². The Hall–Kier alpha value is -0.260. The summed E-state index contributed by atoms with van der Waals surface area (Å²) < 4.78 is 0. The highest BCUT2D eigenvalue weighted by Gasteiger charge is 2.36. The fourth-order valence-corrected chi connectivity index (χ4v) is 3.82. The Morgan fingerprint density at radius 1 is 1.00 bits per heavy atom. The SMILES string of the molecule is CC(C)C(CC(C)(C)C)C1C=CC(C(C)(C)C)CC1C. The molecule has 0 spiro atoms. The van der Waals surface area contributed by atoms with Crippen molar-refractivity contribution in [3.05, 3.63) is 12.2 Å². The molecule has 0 heteroatoms. The summed E-state index contributed by atoms with van der Waals surface area (Å²) in [6.07, 6.45) is 7.80. The van der Waals surface area contributed by atoms with E-state index < -0.39 is 0 Å². The predicted molar refractivity (Wildman–Crippen MR) is 91.8 cm³/mol. The third kappa shape index (κ3) is 4.93. The lowest BCUT2D eigenvalue weighted by Crippen LogP contribution is -2.33. The van der Waals surface area contributed by atoms with Crippen LogP contribution in [0.4, 0.5) is 0 Å². The van der Waals surface area contributed by atoms with Crippen LogP contribution in [-0.4, -0.2) is 0 Å². The van der Waals surface area contributed by atoms with E-state index in [-0.39, 0.29) is 0 Å². The lowest BCUT2D eigenvalue weighted by Gasteiger charge is -2.42. The van der Waals surface area contributed by atoms with Crippen LogP contribution in [0.5, 0.6) is 0 Å². The number of hydrogen-bond acceptors (Lipinski definition) is 0. The zero-order valence-corrected chi connectivity index (χ0v) is 15.5. The van der Waals surface area contributed by atoms with Gasteiger partial charge in [-0.05, 0) is 53.3 Å². The number of rotatable bonds is 3. The van der Waals surface area contributed by atoms with Crippen molar-refractivity contribution in [1.82, 2.24) is 0 Å². The monoisotopic (exact) mass is 278 g/mol. The van der Waals surface area contributed by atoms with Crippen LogP contribution in [0, 0.1) is 40.4 Å². The lowest BCUT2D eigenvalue weighted by molar-refractivity contribution is 0.125. The van der Waals surface area contributed by atoms with Crippen molar-refractivity contribution in [2.24, 2.45) is 40.4 Å². The second-order valence-corrected chi connectivity index (χ2v) is 9.82. The van der Waals surface area contributed by atoms with Crippen LogP contribution in [0.15, 0.2) is 12.2 Å². The van der Waals surface area contributed by atoms with Gasteiger partial charge >= 0.3 is 0 Å². The Morgan fingerprint density at radius 3 is 1.90 bits per heavy atom. The van der Waals surface area contributed by atoms with Gasteiger partial charge in [-0.3, -0.25) is 0 Å². The second-order valence-electron chi connectivity index (χ2n) is 9.82. The zero-order valence-electron chi connectivity index (χ0n) is 15.5. The Morgan fingerprint density at radius 2 is 1.55 bits per heavy atom. The Bertz CT molecular complexity index is 321. The van der Waals surface area contributed by atoms with Crippen molar-refractivity contribution in [2.75, 3.05) is 0 Å². The van der Waals surface area contributed by atoms with Gasteiger partial charge in [-0.15, -0.1) is 0 Å². The van der Waals surface area contributed by atoms with E-state index in [0.717, 1.165) is 29.6 Å². The molecule has 0 aromatic heterocycles. The van der Waals surface area contributed by atoms with Gasteiger partial charge in [0, 0.05) is 0 Å². The molecule has 0 amide bonds. The van der Waals surface area contributed by atoms with Gasteiger partial charge in [0.25, 0.3) is 0 Å². The van der Waals surface area contributed by atoms with Crippen molar-refractivity contribution in [3.8, 4) is 0 Å². The first kappa shape index (κ1) is 17.8. The lowest BCUT2D eigenvalue weighted by atomic mass is 9.63. The molecule has 20 heavy (non-hydrogen) atoms. The largest absolute Gasteiger partial charge is 0.0846 e. The first-order valence-electron chi connectivity index (χ1n) is 8.60. The first-order valence-corrected chi connectivity index (χ1v) is 8.60. The Kier molecular flexibility index (Phi) is 5.55. The molecule has 0 saturated heterocycles. The molecule has 0 aromatic carbocycles. The summed E-state index contributed by atoms with van der Waals surface area (Å²) >= 11 is 0. The summed E-state index contributed by atoms with van der Waals surface area (Å²) in [6.45, 7) is 21.6. The van der Waals surface area contributed by atoms with Crippen molar-refractivity contribution in [3.63, 3.8) is 0 Å². The third-order valence-electron chi connectivity index (χ3n) is 5.16. The molecular weight excluding hydrogens is 240 g/mol. The van der Waals surface area contributed by atoms with E-state index >= 15 is 0 Å². The van der Waals surface area contributed by atoms with Crippen molar-refractivity contribution >= 4 is 0 Å². The van der Waals surface area contributed by atoms with E-state index in [4.69, 9.17) is 0 Å². The van der Waals surface area contributed by atoms with Gasteiger partial charge < -0.3 is 0 Å². The van der Waals surface area contributed by atoms with E-state index in [9.17, 15) is 0 Å². The van der Waals surface area contributed by atoms with Crippen LogP contribution in [0.25, 0.3) is 0 Å². The second kappa shape index (κ2) is 6.24. The summed E-state index contributed by atoms with van der Waals surface area (Å²) in [6, 6.07) is 0. The highest BCUT2D eigenvalue weighted by atomic mass is 14.4. The van der Waals surface area contributed by atoms with E-state index in [0.29, 0.717) is 10.8 Å². The van der Waals surface area contributed by atoms with Crippen LogP contribution < -0.4 is 0 Å². The van der Waals surface area contributed by atoms with E-state index in [2.05, 4.69) is 74.5 Å². The average molecular weight is 279 g/mol. The predicted octanol–water partition coefficient (Wildman–Crippen LogP) is 6.57. The molecule has 1 rings (SSSR count). The molecule has 4 unspecified atom stereocenters. The summed E-state index contributed by atoms with van der Waals surface area (Å²) in [7, 11) is 0. The maximum Gasteiger partial charge on any atom is -0.0176 e. The molecular formula is C20H38. The Labute approximate surface area is 128 Å². The maximum atomic E-state index is 2.57. The van der Waals surface area contributed by atoms with Crippen molar-refractivity contribution in [2.45, 2.75) is 75.2 Å². The smallest absolute Gasteiger partial charge is 0.0176 e. The molecule has 0 N–H and O–H groups in total. The molecule has 1 aliphatic rings. The van der Waals surface area contributed by atoms with Crippen LogP contribution in [0.3, 0.4) is 0 Å². The quantitative estimate of drug-likeness (QED) is 0.512. The zero-order chi connectivity index (χ0) is 15.7.